The maximum absolute atomic E-state index is 12.2. The highest BCUT2D eigenvalue weighted by Gasteiger charge is 2.26. The van der Waals surface area contributed by atoms with Gasteiger partial charge in [0.15, 0.2) is 5.65 Å². The molecule has 0 saturated heterocycles. The first kappa shape index (κ1) is 17.2. The summed E-state index contributed by atoms with van der Waals surface area (Å²) in [4.78, 5) is 24.3. The molecule has 7 heteroatoms. The van der Waals surface area contributed by atoms with Gasteiger partial charge < -0.3 is 10.6 Å². The molecule has 138 valence electrons. The zero-order valence-electron chi connectivity index (χ0n) is 14.9. The highest BCUT2D eigenvalue weighted by atomic mass is 16.2. The second-order valence-corrected chi connectivity index (χ2v) is 6.73. The molecule has 1 aliphatic rings. The maximum Gasteiger partial charge on any atom is 0.227 e. The van der Waals surface area contributed by atoms with Crippen LogP contribution in [0.4, 0.5) is 5.69 Å². The second-order valence-electron chi connectivity index (χ2n) is 6.73. The van der Waals surface area contributed by atoms with Crippen LogP contribution in [0.3, 0.4) is 0 Å². The van der Waals surface area contributed by atoms with Crippen molar-refractivity contribution in [3.63, 3.8) is 0 Å². The molecule has 1 aromatic carbocycles. The van der Waals surface area contributed by atoms with Gasteiger partial charge in [0.05, 0.1) is 0 Å². The third-order valence-corrected chi connectivity index (χ3v) is 4.89. The van der Waals surface area contributed by atoms with Crippen LogP contribution in [-0.2, 0) is 22.4 Å². The molecule has 1 atom stereocenters. The van der Waals surface area contributed by atoms with E-state index in [2.05, 4.69) is 20.8 Å². The fourth-order valence-corrected chi connectivity index (χ4v) is 3.42. The Labute approximate surface area is 156 Å². The number of nitrogens with zero attached hydrogens (tertiary/aromatic N) is 3. The summed E-state index contributed by atoms with van der Waals surface area (Å²) in [5.74, 6) is 0.604. The van der Waals surface area contributed by atoms with E-state index in [4.69, 9.17) is 0 Å². The summed E-state index contributed by atoms with van der Waals surface area (Å²) >= 11 is 0. The van der Waals surface area contributed by atoms with Crippen molar-refractivity contribution in [1.29, 1.82) is 0 Å². The SMILES string of the molecule is O=C(CCC1Cc2ccccc2NC1=O)NCCc1nnc2ccccn12. The van der Waals surface area contributed by atoms with E-state index >= 15 is 0 Å². The van der Waals surface area contributed by atoms with Crippen molar-refractivity contribution in [2.45, 2.75) is 25.7 Å². The molecule has 4 rings (SSSR count). The lowest BCUT2D eigenvalue weighted by Crippen LogP contribution is -2.32. The molecule has 2 amide bonds. The molecule has 0 aliphatic carbocycles. The normalized spacial score (nSPS) is 16.0. The van der Waals surface area contributed by atoms with Gasteiger partial charge in [-0.05, 0) is 36.6 Å². The number of aromatic nitrogens is 3. The minimum atomic E-state index is -0.161. The summed E-state index contributed by atoms with van der Waals surface area (Å²) in [7, 11) is 0. The van der Waals surface area contributed by atoms with Crippen molar-refractivity contribution in [3.05, 3.63) is 60.0 Å². The molecule has 0 saturated carbocycles. The van der Waals surface area contributed by atoms with Gasteiger partial charge in [0.2, 0.25) is 11.8 Å². The minimum absolute atomic E-state index is 0.00331. The molecule has 7 nitrogen and oxygen atoms in total. The largest absolute Gasteiger partial charge is 0.356 e. The monoisotopic (exact) mass is 363 g/mol. The number of fused-ring (bicyclic) bond motifs is 2. The quantitative estimate of drug-likeness (QED) is 0.701. The van der Waals surface area contributed by atoms with Crippen LogP contribution in [0.2, 0.25) is 0 Å². The van der Waals surface area contributed by atoms with Crippen molar-refractivity contribution < 1.29 is 9.59 Å². The lowest BCUT2D eigenvalue weighted by molar-refractivity contribution is -0.122. The summed E-state index contributed by atoms with van der Waals surface area (Å²) in [6.45, 7) is 0.494. The van der Waals surface area contributed by atoms with Crippen LogP contribution >= 0.6 is 0 Å². The average molecular weight is 363 g/mol. The molecule has 1 aliphatic heterocycles. The Morgan fingerprint density at radius 3 is 2.96 bits per heavy atom. The fourth-order valence-electron chi connectivity index (χ4n) is 3.42. The second kappa shape index (κ2) is 7.57. The van der Waals surface area contributed by atoms with E-state index in [1.165, 1.54) is 0 Å². The number of benzene rings is 1. The van der Waals surface area contributed by atoms with Crippen molar-refractivity contribution in [2.75, 3.05) is 11.9 Å². The molecule has 1 unspecified atom stereocenters. The number of hydrogen-bond donors (Lipinski definition) is 2. The predicted octanol–water partition coefficient (Wildman–Crippen LogP) is 1.98. The van der Waals surface area contributed by atoms with Gasteiger partial charge in [-0.25, -0.2) is 0 Å². The number of anilines is 1. The Morgan fingerprint density at radius 1 is 1.19 bits per heavy atom. The van der Waals surface area contributed by atoms with Gasteiger partial charge in [-0.1, -0.05) is 24.3 Å². The zero-order valence-corrected chi connectivity index (χ0v) is 14.9. The minimum Gasteiger partial charge on any atom is -0.356 e. The lowest BCUT2D eigenvalue weighted by Gasteiger charge is -2.24. The van der Waals surface area contributed by atoms with E-state index in [9.17, 15) is 9.59 Å². The van der Waals surface area contributed by atoms with E-state index in [0.717, 1.165) is 22.7 Å². The van der Waals surface area contributed by atoms with Gasteiger partial charge in [-0.3, -0.25) is 14.0 Å². The summed E-state index contributed by atoms with van der Waals surface area (Å²) in [5.41, 5.74) is 2.80. The van der Waals surface area contributed by atoms with Crippen molar-refractivity contribution in [1.82, 2.24) is 19.9 Å². The molecule has 3 heterocycles. The van der Waals surface area contributed by atoms with E-state index < -0.39 is 0 Å². The van der Waals surface area contributed by atoms with Crippen LogP contribution < -0.4 is 10.6 Å². The Morgan fingerprint density at radius 2 is 2.04 bits per heavy atom. The van der Waals surface area contributed by atoms with Gasteiger partial charge in [-0.2, -0.15) is 0 Å². The summed E-state index contributed by atoms with van der Waals surface area (Å²) in [5, 5.41) is 14.1. The van der Waals surface area contributed by atoms with Gasteiger partial charge in [0.25, 0.3) is 0 Å². The van der Waals surface area contributed by atoms with E-state index in [1.807, 2.05) is 53.1 Å². The third kappa shape index (κ3) is 3.81. The number of pyridine rings is 1. The molecule has 0 bridgehead atoms. The van der Waals surface area contributed by atoms with Crippen LogP contribution in [0.5, 0.6) is 0 Å². The predicted molar refractivity (Wildman–Crippen MR) is 101 cm³/mol. The number of rotatable bonds is 6. The Kier molecular flexibility index (Phi) is 4.82. The maximum atomic E-state index is 12.2. The molecule has 2 aromatic heterocycles. The Balaban J connectivity index is 1.25. The third-order valence-electron chi connectivity index (χ3n) is 4.89. The van der Waals surface area contributed by atoms with Crippen LogP contribution in [0.15, 0.2) is 48.7 Å². The molecule has 2 N–H and O–H groups in total. The number of para-hydroxylation sites is 1. The van der Waals surface area contributed by atoms with Crippen molar-refractivity contribution in [3.8, 4) is 0 Å². The summed E-state index contributed by atoms with van der Waals surface area (Å²) < 4.78 is 1.91. The van der Waals surface area contributed by atoms with Gasteiger partial charge in [0, 0.05) is 37.2 Å². The number of amides is 2. The zero-order chi connectivity index (χ0) is 18.6. The Bertz CT molecular complexity index is 981. The smallest absolute Gasteiger partial charge is 0.227 e. The van der Waals surface area contributed by atoms with E-state index in [-0.39, 0.29) is 17.7 Å². The lowest BCUT2D eigenvalue weighted by atomic mass is 9.89. The average Bonchev–Trinajstić information content (AvgIpc) is 3.09. The number of carbonyl (C=O) groups is 2. The summed E-state index contributed by atoms with van der Waals surface area (Å²) in [6, 6.07) is 13.5. The van der Waals surface area contributed by atoms with E-state index in [1.54, 1.807) is 0 Å². The summed E-state index contributed by atoms with van der Waals surface area (Å²) in [6.07, 6.45) is 4.07. The molecular formula is C20H21N5O2. The number of carbonyl (C=O) groups excluding carboxylic acids is 2. The molecule has 0 fully saturated rings. The van der Waals surface area contributed by atoms with Crippen molar-refractivity contribution in [2.24, 2.45) is 5.92 Å². The molecule has 3 aromatic rings. The van der Waals surface area contributed by atoms with Crippen LogP contribution in [-0.4, -0.2) is 33.0 Å². The van der Waals surface area contributed by atoms with E-state index in [0.29, 0.717) is 32.2 Å². The molecular weight excluding hydrogens is 342 g/mol. The van der Waals surface area contributed by atoms with Gasteiger partial charge in [0.1, 0.15) is 5.82 Å². The molecule has 0 radical (unpaired) electrons. The van der Waals surface area contributed by atoms with Crippen LogP contribution in [0.1, 0.15) is 24.2 Å². The standard InChI is InChI=1S/C20H21N5O2/c26-19(21-11-10-18-24-23-17-7-3-4-12-25(17)18)9-8-15-13-14-5-1-2-6-16(14)22-20(15)27/h1-7,12,15H,8-11,13H2,(H,21,26)(H,22,27). The molecule has 0 spiro atoms. The Hall–Kier alpha value is -3.22. The first-order valence-electron chi connectivity index (χ1n) is 9.15. The highest BCUT2D eigenvalue weighted by molar-refractivity contribution is 5.96. The highest BCUT2D eigenvalue weighted by Crippen LogP contribution is 2.27. The molecule has 27 heavy (non-hydrogen) atoms. The number of nitrogens with one attached hydrogen (secondary N) is 2. The van der Waals surface area contributed by atoms with Crippen LogP contribution in [0, 0.1) is 5.92 Å². The van der Waals surface area contributed by atoms with Crippen molar-refractivity contribution >= 4 is 23.1 Å². The first-order valence-corrected chi connectivity index (χ1v) is 9.15. The topological polar surface area (TPSA) is 88.4 Å². The van der Waals surface area contributed by atoms with Gasteiger partial charge >= 0.3 is 0 Å². The van der Waals surface area contributed by atoms with Crippen LogP contribution in [0.25, 0.3) is 5.65 Å². The first-order chi connectivity index (χ1) is 13.2. The van der Waals surface area contributed by atoms with Gasteiger partial charge in [-0.15, -0.1) is 10.2 Å². The number of hydrogen-bond acceptors (Lipinski definition) is 4. The fraction of sp³-hybridized carbons (Fsp3) is 0.300.